The number of aryl methyl sites for hydroxylation is 1. The van der Waals surface area contributed by atoms with Gasteiger partial charge in [-0.2, -0.15) is 0 Å². The zero-order valence-corrected chi connectivity index (χ0v) is 13.5. The Labute approximate surface area is 130 Å². The first kappa shape index (κ1) is 15.8. The van der Waals surface area contributed by atoms with Crippen LogP contribution in [0.2, 0.25) is 5.02 Å². The monoisotopic (exact) mass is 305 g/mol. The second kappa shape index (κ2) is 6.46. The topological polar surface area (TPSA) is 42.4 Å². The van der Waals surface area contributed by atoms with Crippen molar-refractivity contribution in [3.05, 3.63) is 52.2 Å². The molecule has 4 heteroatoms. The molecular formula is C17H20ClNO2. The van der Waals surface area contributed by atoms with Gasteiger partial charge in [0.1, 0.15) is 5.75 Å². The predicted octanol–water partition coefficient (Wildman–Crippen LogP) is 5.01. The summed E-state index contributed by atoms with van der Waals surface area (Å²) < 4.78 is 5.92. The lowest BCUT2D eigenvalue weighted by Crippen LogP contribution is -2.00. The molecule has 1 heterocycles. The van der Waals surface area contributed by atoms with Gasteiger partial charge in [0.05, 0.1) is 6.10 Å². The van der Waals surface area contributed by atoms with Crippen LogP contribution in [0.15, 0.2) is 30.5 Å². The van der Waals surface area contributed by atoms with Gasteiger partial charge in [0, 0.05) is 16.8 Å². The van der Waals surface area contributed by atoms with Crippen LogP contribution >= 0.6 is 11.6 Å². The SMILES string of the molecule is Cc1cc(Cl)c(C(C)C)cc1Oc1ncccc1C(C)O. The van der Waals surface area contributed by atoms with Crippen LogP contribution in [0.5, 0.6) is 11.6 Å². The number of nitrogens with zero attached hydrogens (tertiary/aromatic N) is 1. The van der Waals surface area contributed by atoms with Gasteiger partial charge in [-0.25, -0.2) is 4.98 Å². The largest absolute Gasteiger partial charge is 0.438 e. The maximum absolute atomic E-state index is 9.80. The lowest BCUT2D eigenvalue weighted by atomic mass is 10.0. The van der Waals surface area contributed by atoms with Crippen LogP contribution in [-0.4, -0.2) is 10.1 Å². The molecule has 0 radical (unpaired) electrons. The number of halogens is 1. The van der Waals surface area contributed by atoms with Crippen molar-refractivity contribution >= 4 is 11.6 Å². The number of benzene rings is 1. The predicted molar refractivity (Wildman–Crippen MR) is 85.2 cm³/mol. The zero-order chi connectivity index (χ0) is 15.6. The van der Waals surface area contributed by atoms with E-state index < -0.39 is 6.10 Å². The molecule has 2 rings (SSSR count). The van der Waals surface area contributed by atoms with Crippen molar-refractivity contribution < 1.29 is 9.84 Å². The molecule has 1 atom stereocenters. The summed E-state index contributed by atoms with van der Waals surface area (Å²) in [7, 11) is 0. The molecule has 21 heavy (non-hydrogen) atoms. The highest BCUT2D eigenvalue weighted by molar-refractivity contribution is 6.31. The summed E-state index contributed by atoms with van der Waals surface area (Å²) in [5.74, 6) is 1.44. The Bertz CT molecular complexity index is 639. The van der Waals surface area contributed by atoms with Gasteiger partial charge < -0.3 is 9.84 Å². The van der Waals surface area contributed by atoms with E-state index >= 15 is 0 Å². The van der Waals surface area contributed by atoms with Crippen molar-refractivity contribution in [2.45, 2.75) is 39.7 Å². The Morgan fingerprint density at radius 1 is 1.19 bits per heavy atom. The number of hydrogen-bond donors (Lipinski definition) is 1. The molecule has 0 fully saturated rings. The first-order chi connectivity index (χ1) is 9.90. The Kier molecular flexibility index (Phi) is 4.86. The van der Waals surface area contributed by atoms with Crippen molar-refractivity contribution in [2.24, 2.45) is 0 Å². The fourth-order valence-corrected chi connectivity index (χ4v) is 2.57. The van der Waals surface area contributed by atoms with Gasteiger partial charge in [-0.05, 0) is 55.2 Å². The van der Waals surface area contributed by atoms with E-state index in [1.165, 1.54) is 0 Å². The van der Waals surface area contributed by atoms with E-state index in [2.05, 4.69) is 18.8 Å². The number of aliphatic hydroxyl groups excluding tert-OH is 1. The minimum absolute atomic E-state index is 0.306. The van der Waals surface area contributed by atoms with Crippen LogP contribution in [-0.2, 0) is 0 Å². The standard InChI is InChI=1S/C17H20ClNO2/c1-10(2)14-9-16(11(3)8-15(14)18)21-17-13(12(4)20)6-5-7-19-17/h5-10,12,20H,1-4H3. The average molecular weight is 306 g/mol. The molecule has 0 saturated carbocycles. The summed E-state index contributed by atoms with van der Waals surface area (Å²) in [6.45, 7) is 7.80. The van der Waals surface area contributed by atoms with E-state index in [1.54, 1.807) is 19.2 Å². The Balaban J connectivity index is 2.43. The fourth-order valence-electron chi connectivity index (χ4n) is 2.13. The summed E-state index contributed by atoms with van der Waals surface area (Å²) in [5.41, 5.74) is 2.64. The maximum atomic E-state index is 9.80. The van der Waals surface area contributed by atoms with Gasteiger partial charge >= 0.3 is 0 Å². The van der Waals surface area contributed by atoms with Gasteiger partial charge in [-0.15, -0.1) is 0 Å². The molecule has 0 spiro atoms. The Morgan fingerprint density at radius 3 is 2.52 bits per heavy atom. The lowest BCUT2D eigenvalue weighted by molar-refractivity contribution is 0.194. The van der Waals surface area contributed by atoms with Crippen LogP contribution in [0.3, 0.4) is 0 Å². The van der Waals surface area contributed by atoms with Gasteiger partial charge in [-0.3, -0.25) is 0 Å². The molecule has 1 aromatic heterocycles. The summed E-state index contributed by atoms with van der Waals surface area (Å²) >= 11 is 6.27. The molecule has 1 unspecified atom stereocenters. The van der Waals surface area contributed by atoms with Crippen molar-refractivity contribution in [3.63, 3.8) is 0 Å². The van der Waals surface area contributed by atoms with E-state index in [4.69, 9.17) is 16.3 Å². The first-order valence-corrected chi connectivity index (χ1v) is 7.38. The summed E-state index contributed by atoms with van der Waals surface area (Å²) in [6.07, 6.45) is 1.02. The maximum Gasteiger partial charge on any atom is 0.225 e. The third kappa shape index (κ3) is 3.55. The number of ether oxygens (including phenoxy) is 1. The van der Waals surface area contributed by atoms with Crippen molar-refractivity contribution in [3.8, 4) is 11.6 Å². The Morgan fingerprint density at radius 2 is 1.90 bits per heavy atom. The van der Waals surface area contributed by atoms with Gasteiger partial charge in [0.15, 0.2) is 0 Å². The molecule has 0 saturated heterocycles. The summed E-state index contributed by atoms with van der Waals surface area (Å²) in [4.78, 5) is 4.22. The molecule has 0 aliphatic heterocycles. The molecule has 1 N–H and O–H groups in total. The first-order valence-electron chi connectivity index (χ1n) is 7.01. The van der Waals surface area contributed by atoms with Crippen molar-refractivity contribution in [2.75, 3.05) is 0 Å². The molecule has 0 bridgehead atoms. The molecule has 1 aromatic carbocycles. The molecule has 0 aliphatic carbocycles. The average Bonchev–Trinajstić information content (AvgIpc) is 2.41. The minimum atomic E-state index is -0.633. The lowest BCUT2D eigenvalue weighted by Gasteiger charge is -2.16. The number of pyridine rings is 1. The zero-order valence-electron chi connectivity index (χ0n) is 12.7. The smallest absolute Gasteiger partial charge is 0.225 e. The van der Waals surface area contributed by atoms with E-state index in [1.807, 2.05) is 25.1 Å². The highest BCUT2D eigenvalue weighted by atomic mass is 35.5. The number of aromatic nitrogens is 1. The van der Waals surface area contributed by atoms with Crippen LogP contribution in [0, 0.1) is 6.92 Å². The Hall–Kier alpha value is -1.58. The second-order valence-electron chi connectivity index (χ2n) is 5.47. The number of aliphatic hydroxyl groups is 1. The molecule has 3 nitrogen and oxygen atoms in total. The van der Waals surface area contributed by atoms with Crippen LogP contribution in [0.25, 0.3) is 0 Å². The van der Waals surface area contributed by atoms with Gasteiger partial charge in [-0.1, -0.05) is 25.4 Å². The fraction of sp³-hybridized carbons (Fsp3) is 0.353. The molecule has 0 aliphatic rings. The second-order valence-corrected chi connectivity index (χ2v) is 5.88. The third-order valence-electron chi connectivity index (χ3n) is 3.37. The molecule has 2 aromatic rings. The summed E-state index contributed by atoms with van der Waals surface area (Å²) in [6, 6.07) is 7.44. The van der Waals surface area contributed by atoms with E-state index in [0.717, 1.165) is 16.1 Å². The minimum Gasteiger partial charge on any atom is -0.438 e. The van der Waals surface area contributed by atoms with E-state index in [-0.39, 0.29) is 0 Å². The normalized spacial score (nSPS) is 12.5. The van der Waals surface area contributed by atoms with Gasteiger partial charge in [0.2, 0.25) is 5.88 Å². The molecular weight excluding hydrogens is 286 g/mol. The summed E-state index contributed by atoms with van der Waals surface area (Å²) in [5, 5.41) is 10.5. The molecule has 112 valence electrons. The third-order valence-corrected chi connectivity index (χ3v) is 3.70. The highest BCUT2D eigenvalue weighted by Crippen LogP contribution is 2.35. The van der Waals surface area contributed by atoms with Crippen LogP contribution in [0.1, 0.15) is 49.5 Å². The van der Waals surface area contributed by atoms with Crippen LogP contribution < -0.4 is 4.74 Å². The van der Waals surface area contributed by atoms with E-state index in [9.17, 15) is 5.11 Å². The number of rotatable bonds is 4. The van der Waals surface area contributed by atoms with Crippen molar-refractivity contribution in [1.29, 1.82) is 0 Å². The quantitative estimate of drug-likeness (QED) is 0.863. The van der Waals surface area contributed by atoms with Gasteiger partial charge in [0.25, 0.3) is 0 Å². The number of hydrogen-bond acceptors (Lipinski definition) is 3. The molecule has 0 amide bonds. The van der Waals surface area contributed by atoms with E-state index in [0.29, 0.717) is 23.1 Å². The van der Waals surface area contributed by atoms with Crippen LogP contribution in [0.4, 0.5) is 0 Å². The van der Waals surface area contributed by atoms with Crippen molar-refractivity contribution in [1.82, 2.24) is 4.98 Å². The highest BCUT2D eigenvalue weighted by Gasteiger charge is 2.14.